The van der Waals surface area contributed by atoms with E-state index in [2.05, 4.69) is 31.9 Å². The lowest BCUT2D eigenvalue weighted by Gasteiger charge is -2.28. The zero-order valence-electron chi connectivity index (χ0n) is 32.1. The number of aromatic hydroxyl groups is 1. The summed E-state index contributed by atoms with van der Waals surface area (Å²) in [7, 11) is 0. The molecule has 2 aromatic rings. The number of aliphatic carboxylic acids is 1. The van der Waals surface area contributed by atoms with E-state index in [0.717, 1.165) is 0 Å². The number of hydrogen-bond donors (Lipinski definition) is 11. The number of unbranched alkanes of at least 4 members (excludes halogenated alkanes) is 1. The Morgan fingerprint density at radius 3 is 1.82 bits per heavy atom. The molecule has 7 atom stereocenters. The Hall–Kier alpha value is -5.59. The van der Waals surface area contributed by atoms with Gasteiger partial charge in [0.2, 0.25) is 35.4 Å². The van der Waals surface area contributed by atoms with Gasteiger partial charge in [0.05, 0.1) is 18.7 Å². The molecule has 2 aromatic carbocycles. The van der Waals surface area contributed by atoms with Crippen LogP contribution in [0.2, 0.25) is 0 Å². The molecule has 0 aromatic heterocycles. The number of nitrogens with two attached hydrogens (primary N) is 2. The van der Waals surface area contributed by atoms with E-state index < -0.39 is 96.2 Å². The quantitative estimate of drug-likeness (QED) is 0.0563. The van der Waals surface area contributed by atoms with Gasteiger partial charge in [0, 0.05) is 6.42 Å². The minimum Gasteiger partial charge on any atom is -0.508 e. The van der Waals surface area contributed by atoms with E-state index in [-0.39, 0.29) is 25.0 Å². The molecule has 13 N–H and O–H groups in total. The topological polar surface area (TPSA) is 304 Å². The van der Waals surface area contributed by atoms with Gasteiger partial charge < -0.3 is 58.7 Å². The van der Waals surface area contributed by atoms with Crippen molar-refractivity contribution in [1.29, 1.82) is 0 Å². The zero-order valence-corrected chi connectivity index (χ0v) is 32.1. The molecule has 0 radical (unpaired) electrons. The Balaban J connectivity index is 2.05. The molecule has 0 saturated carbocycles. The van der Waals surface area contributed by atoms with Crippen LogP contribution in [0.3, 0.4) is 0 Å². The summed E-state index contributed by atoms with van der Waals surface area (Å²) in [5.41, 5.74) is 12.8. The highest BCUT2D eigenvalue weighted by Gasteiger charge is 2.34. The minimum atomic E-state index is -1.54. The largest absolute Gasteiger partial charge is 0.508 e. The SMILES string of the molecule is CC(C)[C@H](NC(=O)[C@@H](NC(=O)CNC(=O)[C@@H](N)Cc1ccc(O)cc1)[C@@H](C)O)C(=O)N[C@@H](C)C(=O)N[C@@H](Cc1ccccc1)C(=O)N[C@@H](CCCCN)C(=O)O. The number of carbonyl (C=O) groups is 7. The Bertz CT molecular complexity index is 1620. The van der Waals surface area contributed by atoms with Crippen molar-refractivity contribution >= 4 is 41.4 Å². The van der Waals surface area contributed by atoms with Crippen molar-refractivity contribution in [3.05, 3.63) is 65.7 Å². The second-order valence-corrected chi connectivity index (χ2v) is 13.9. The maximum absolute atomic E-state index is 13.4. The number of carbonyl (C=O) groups excluding carboxylic acids is 6. The number of aliphatic hydroxyl groups is 1. The number of rotatable bonds is 23. The summed E-state index contributed by atoms with van der Waals surface area (Å²) in [5, 5.41) is 44.2. The summed E-state index contributed by atoms with van der Waals surface area (Å²) in [6.07, 6.45) is -0.137. The van der Waals surface area contributed by atoms with Crippen molar-refractivity contribution in [1.82, 2.24) is 31.9 Å². The highest BCUT2D eigenvalue weighted by molar-refractivity contribution is 5.96. The number of phenols is 1. The van der Waals surface area contributed by atoms with Gasteiger partial charge in [-0.15, -0.1) is 0 Å². The minimum absolute atomic E-state index is 0.0155. The van der Waals surface area contributed by atoms with Crippen molar-refractivity contribution in [2.24, 2.45) is 17.4 Å². The number of phenolic OH excluding ortho intramolecular Hbond substituents is 1. The normalized spacial score (nSPS) is 14.8. The molecule has 56 heavy (non-hydrogen) atoms. The molecule has 0 unspecified atom stereocenters. The summed E-state index contributed by atoms with van der Waals surface area (Å²) in [5.74, 6) is -6.43. The average Bonchev–Trinajstić information content (AvgIpc) is 3.14. The van der Waals surface area contributed by atoms with Crippen LogP contribution in [-0.2, 0) is 46.4 Å². The molecule has 18 nitrogen and oxygen atoms in total. The monoisotopic (exact) mass is 784 g/mol. The van der Waals surface area contributed by atoms with Crippen molar-refractivity contribution in [3.63, 3.8) is 0 Å². The molecular weight excluding hydrogens is 728 g/mol. The van der Waals surface area contributed by atoms with Crippen LogP contribution in [0.25, 0.3) is 0 Å². The van der Waals surface area contributed by atoms with E-state index >= 15 is 0 Å². The molecule has 2 rings (SSSR count). The summed E-state index contributed by atoms with van der Waals surface area (Å²) in [4.78, 5) is 90.4. The lowest BCUT2D eigenvalue weighted by Crippen LogP contribution is -2.61. The van der Waals surface area contributed by atoms with Gasteiger partial charge >= 0.3 is 5.97 Å². The van der Waals surface area contributed by atoms with Crippen LogP contribution >= 0.6 is 0 Å². The third-order valence-corrected chi connectivity index (χ3v) is 8.71. The van der Waals surface area contributed by atoms with Crippen molar-refractivity contribution in [2.45, 2.75) is 102 Å². The Labute approximate surface area is 325 Å². The number of amides is 6. The van der Waals surface area contributed by atoms with E-state index in [9.17, 15) is 48.9 Å². The van der Waals surface area contributed by atoms with E-state index in [4.69, 9.17) is 11.5 Å². The van der Waals surface area contributed by atoms with Crippen molar-refractivity contribution in [2.75, 3.05) is 13.1 Å². The van der Waals surface area contributed by atoms with Crippen LogP contribution in [0, 0.1) is 5.92 Å². The first-order chi connectivity index (χ1) is 26.4. The number of aliphatic hydroxyl groups excluding tert-OH is 1. The van der Waals surface area contributed by atoms with Gasteiger partial charge in [0.15, 0.2) is 0 Å². The second kappa shape index (κ2) is 23.4. The molecule has 0 spiro atoms. The lowest BCUT2D eigenvalue weighted by molar-refractivity contribution is -0.142. The molecule has 0 heterocycles. The fourth-order valence-electron chi connectivity index (χ4n) is 5.43. The van der Waals surface area contributed by atoms with Crippen molar-refractivity contribution < 1.29 is 48.9 Å². The molecule has 6 amide bonds. The summed E-state index contributed by atoms with van der Waals surface area (Å²) in [6, 6.07) is 7.33. The highest BCUT2D eigenvalue weighted by atomic mass is 16.4. The molecule has 18 heteroatoms. The van der Waals surface area contributed by atoms with Gasteiger partial charge in [-0.3, -0.25) is 28.8 Å². The summed E-state index contributed by atoms with van der Waals surface area (Å²) >= 11 is 0. The van der Waals surface area contributed by atoms with Crippen LogP contribution in [0.5, 0.6) is 5.75 Å². The standard InChI is InChI=1S/C38H56N8O10/c1-21(2)31(46-37(54)32(23(4)47)45-30(49)20-41-34(51)27(40)18-25-13-15-26(48)16-14-25)36(53)42-22(3)33(50)44-29(19-24-10-6-5-7-11-24)35(52)43-28(38(55)56)12-8-9-17-39/h5-7,10-11,13-16,21-23,27-29,31-32,47-48H,8-9,12,17-20,39-40H2,1-4H3,(H,41,51)(H,42,53)(H,43,52)(H,44,50)(H,45,49)(H,46,54)(H,55,56)/t22-,23+,27-,28-,29-,31-,32-/m0/s1. The van der Waals surface area contributed by atoms with Gasteiger partial charge in [-0.1, -0.05) is 56.3 Å². The fourth-order valence-corrected chi connectivity index (χ4v) is 5.43. The molecule has 0 bridgehead atoms. The molecule has 0 aliphatic heterocycles. The highest BCUT2D eigenvalue weighted by Crippen LogP contribution is 2.11. The maximum Gasteiger partial charge on any atom is 0.326 e. The van der Waals surface area contributed by atoms with Gasteiger partial charge in [0.25, 0.3) is 0 Å². The maximum atomic E-state index is 13.4. The summed E-state index contributed by atoms with van der Waals surface area (Å²) in [6.45, 7) is 5.63. The van der Waals surface area contributed by atoms with Gasteiger partial charge in [-0.2, -0.15) is 0 Å². The summed E-state index contributed by atoms with van der Waals surface area (Å²) < 4.78 is 0. The van der Waals surface area contributed by atoms with Gasteiger partial charge in [0.1, 0.15) is 36.0 Å². The molecular formula is C38H56N8O10. The average molecular weight is 785 g/mol. The molecule has 0 saturated heterocycles. The van der Waals surface area contributed by atoms with Crippen LogP contribution < -0.4 is 43.4 Å². The predicted molar refractivity (Wildman–Crippen MR) is 205 cm³/mol. The predicted octanol–water partition coefficient (Wildman–Crippen LogP) is -1.68. The fraction of sp³-hybridized carbons (Fsp3) is 0.500. The third-order valence-electron chi connectivity index (χ3n) is 8.71. The molecule has 0 fully saturated rings. The van der Waals surface area contributed by atoms with E-state index in [1.165, 1.54) is 26.0 Å². The first kappa shape index (κ1) is 46.6. The van der Waals surface area contributed by atoms with Crippen LogP contribution in [0.4, 0.5) is 0 Å². The number of carboxylic acids is 1. The Kier molecular flexibility index (Phi) is 19.4. The van der Waals surface area contributed by atoms with Crippen LogP contribution in [0.15, 0.2) is 54.6 Å². The van der Waals surface area contributed by atoms with E-state index in [1.807, 2.05) is 0 Å². The number of nitrogens with one attached hydrogen (secondary N) is 6. The van der Waals surface area contributed by atoms with E-state index in [1.54, 1.807) is 56.3 Å². The zero-order chi connectivity index (χ0) is 41.9. The first-order valence-electron chi connectivity index (χ1n) is 18.4. The molecule has 0 aliphatic rings. The smallest absolute Gasteiger partial charge is 0.326 e. The molecule has 0 aliphatic carbocycles. The third kappa shape index (κ3) is 16.0. The second-order valence-electron chi connectivity index (χ2n) is 13.9. The van der Waals surface area contributed by atoms with E-state index in [0.29, 0.717) is 30.5 Å². The lowest BCUT2D eigenvalue weighted by atomic mass is 10.0. The van der Waals surface area contributed by atoms with Gasteiger partial charge in [-0.25, -0.2) is 4.79 Å². The molecule has 308 valence electrons. The Morgan fingerprint density at radius 2 is 1.25 bits per heavy atom. The van der Waals surface area contributed by atoms with Crippen LogP contribution in [0.1, 0.15) is 58.1 Å². The van der Waals surface area contributed by atoms with Crippen LogP contribution in [-0.4, -0.2) is 112 Å². The number of benzene rings is 2. The van der Waals surface area contributed by atoms with Gasteiger partial charge in [-0.05, 0) is 75.3 Å². The van der Waals surface area contributed by atoms with Crippen molar-refractivity contribution in [3.8, 4) is 5.75 Å². The number of carboxylic acid groups (broad SMARTS) is 1. The number of hydrogen-bond acceptors (Lipinski definition) is 11. The Morgan fingerprint density at radius 1 is 0.661 bits per heavy atom. The first-order valence-corrected chi connectivity index (χ1v) is 18.4.